The lowest BCUT2D eigenvalue weighted by atomic mass is 10.0. The minimum absolute atomic E-state index is 0.147. The van der Waals surface area contributed by atoms with E-state index in [1.807, 2.05) is 0 Å². The van der Waals surface area contributed by atoms with Crippen LogP contribution in [0.15, 0.2) is 0 Å². The van der Waals surface area contributed by atoms with E-state index in [1.165, 1.54) is 0 Å². The standard InChI is InChI=1S/C10H21NO3/c1-9(5-6-11)3-4-10(12)14-8-7-13-2/h9H,3-8,11H2,1-2H3. The maximum atomic E-state index is 11.1. The fraction of sp³-hybridized carbons (Fsp3) is 0.900. The second-order valence-electron chi connectivity index (χ2n) is 3.43. The number of esters is 1. The highest BCUT2D eigenvalue weighted by Gasteiger charge is 2.06. The van der Waals surface area contributed by atoms with Gasteiger partial charge in [-0.1, -0.05) is 6.92 Å². The Labute approximate surface area is 85.8 Å². The van der Waals surface area contributed by atoms with Crippen LogP contribution in [0.25, 0.3) is 0 Å². The van der Waals surface area contributed by atoms with Gasteiger partial charge in [0.05, 0.1) is 6.61 Å². The Morgan fingerprint density at radius 3 is 2.64 bits per heavy atom. The van der Waals surface area contributed by atoms with Crippen molar-refractivity contribution in [1.29, 1.82) is 0 Å². The smallest absolute Gasteiger partial charge is 0.305 e. The molecule has 0 aliphatic heterocycles. The van der Waals surface area contributed by atoms with Gasteiger partial charge in [0.1, 0.15) is 6.61 Å². The van der Waals surface area contributed by atoms with E-state index < -0.39 is 0 Å². The largest absolute Gasteiger partial charge is 0.463 e. The summed E-state index contributed by atoms with van der Waals surface area (Å²) in [5, 5.41) is 0. The molecule has 0 amide bonds. The molecule has 1 atom stereocenters. The molecule has 4 heteroatoms. The number of hydrogen-bond donors (Lipinski definition) is 1. The van der Waals surface area contributed by atoms with Crippen molar-refractivity contribution < 1.29 is 14.3 Å². The van der Waals surface area contributed by atoms with E-state index in [4.69, 9.17) is 15.2 Å². The van der Waals surface area contributed by atoms with Crippen molar-refractivity contribution in [2.75, 3.05) is 26.9 Å². The average molecular weight is 203 g/mol. The molecule has 0 radical (unpaired) electrons. The molecule has 0 fully saturated rings. The minimum atomic E-state index is -0.147. The molecule has 0 aromatic carbocycles. The van der Waals surface area contributed by atoms with Crippen molar-refractivity contribution in [2.24, 2.45) is 11.7 Å². The van der Waals surface area contributed by atoms with E-state index in [0.29, 0.717) is 32.1 Å². The Morgan fingerprint density at radius 2 is 2.07 bits per heavy atom. The zero-order valence-electron chi connectivity index (χ0n) is 9.12. The van der Waals surface area contributed by atoms with Crippen molar-refractivity contribution in [2.45, 2.75) is 26.2 Å². The highest BCUT2D eigenvalue weighted by atomic mass is 16.6. The lowest BCUT2D eigenvalue weighted by molar-refractivity contribution is -0.145. The summed E-state index contributed by atoms with van der Waals surface area (Å²) in [6, 6.07) is 0. The number of nitrogens with two attached hydrogens (primary N) is 1. The van der Waals surface area contributed by atoms with Gasteiger partial charge in [-0.05, 0) is 25.3 Å². The first-order valence-electron chi connectivity index (χ1n) is 5.05. The molecule has 0 aliphatic carbocycles. The maximum Gasteiger partial charge on any atom is 0.305 e. The Bertz CT molecular complexity index is 150. The van der Waals surface area contributed by atoms with Gasteiger partial charge in [0.2, 0.25) is 0 Å². The summed E-state index contributed by atoms with van der Waals surface area (Å²) in [6.07, 6.45) is 2.29. The minimum Gasteiger partial charge on any atom is -0.463 e. The van der Waals surface area contributed by atoms with Gasteiger partial charge in [-0.15, -0.1) is 0 Å². The van der Waals surface area contributed by atoms with Crippen LogP contribution in [-0.4, -0.2) is 32.8 Å². The summed E-state index contributed by atoms with van der Waals surface area (Å²) >= 11 is 0. The molecule has 0 saturated heterocycles. The van der Waals surface area contributed by atoms with E-state index in [9.17, 15) is 4.79 Å². The summed E-state index contributed by atoms with van der Waals surface area (Å²) < 4.78 is 9.68. The molecule has 14 heavy (non-hydrogen) atoms. The molecule has 0 saturated carbocycles. The van der Waals surface area contributed by atoms with Crippen molar-refractivity contribution in [1.82, 2.24) is 0 Å². The molecule has 0 bridgehead atoms. The number of carbonyl (C=O) groups is 1. The maximum absolute atomic E-state index is 11.1. The van der Waals surface area contributed by atoms with Crippen LogP contribution in [0.4, 0.5) is 0 Å². The number of rotatable bonds is 8. The van der Waals surface area contributed by atoms with Crippen LogP contribution in [0.2, 0.25) is 0 Å². The van der Waals surface area contributed by atoms with Crippen LogP contribution in [0, 0.1) is 5.92 Å². The fourth-order valence-corrected chi connectivity index (χ4v) is 1.10. The van der Waals surface area contributed by atoms with Crippen LogP contribution < -0.4 is 5.73 Å². The normalized spacial score (nSPS) is 12.5. The summed E-state index contributed by atoms with van der Waals surface area (Å²) in [5.41, 5.74) is 5.40. The third-order valence-electron chi connectivity index (χ3n) is 2.05. The highest BCUT2D eigenvalue weighted by molar-refractivity contribution is 5.69. The van der Waals surface area contributed by atoms with E-state index in [1.54, 1.807) is 7.11 Å². The molecule has 0 aromatic heterocycles. The fourth-order valence-electron chi connectivity index (χ4n) is 1.10. The van der Waals surface area contributed by atoms with Crippen LogP contribution in [0.5, 0.6) is 0 Å². The molecule has 0 rings (SSSR count). The van der Waals surface area contributed by atoms with Crippen LogP contribution >= 0.6 is 0 Å². The van der Waals surface area contributed by atoms with Gasteiger partial charge in [-0.25, -0.2) is 0 Å². The van der Waals surface area contributed by atoms with Gasteiger partial charge < -0.3 is 15.2 Å². The van der Waals surface area contributed by atoms with Crippen molar-refractivity contribution in [3.63, 3.8) is 0 Å². The molecule has 0 heterocycles. The first-order chi connectivity index (χ1) is 6.70. The van der Waals surface area contributed by atoms with E-state index in [0.717, 1.165) is 12.8 Å². The first kappa shape index (κ1) is 13.4. The molecule has 1 unspecified atom stereocenters. The van der Waals surface area contributed by atoms with Crippen LogP contribution in [0.1, 0.15) is 26.2 Å². The van der Waals surface area contributed by atoms with E-state index in [-0.39, 0.29) is 5.97 Å². The number of ether oxygens (including phenoxy) is 2. The summed E-state index contributed by atoms with van der Waals surface area (Å²) in [5.74, 6) is 0.348. The Kier molecular flexibility index (Phi) is 8.57. The molecular weight excluding hydrogens is 182 g/mol. The number of hydrogen-bond acceptors (Lipinski definition) is 4. The number of methoxy groups -OCH3 is 1. The quantitative estimate of drug-likeness (QED) is 0.471. The van der Waals surface area contributed by atoms with Gasteiger partial charge in [-0.3, -0.25) is 4.79 Å². The van der Waals surface area contributed by atoms with Gasteiger partial charge in [0.25, 0.3) is 0 Å². The summed E-state index contributed by atoms with van der Waals surface area (Å²) in [7, 11) is 1.58. The molecule has 2 N–H and O–H groups in total. The first-order valence-corrected chi connectivity index (χ1v) is 5.05. The Morgan fingerprint density at radius 1 is 1.36 bits per heavy atom. The predicted octanol–water partition coefficient (Wildman–Crippen LogP) is 0.941. The number of carbonyl (C=O) groups excluding carboxylic acids is 1. The highest BCUT2D eigenvalue weighted by Crippen LogP contribution is 2.09. The second kappa shape index (κ2) is 8.97. The SMILES string of the molecule is COCCOC(=O)CCC(C)CCN. The molecule has 0 spiro atoms. The zero-order chi connectivity index (χ0) is 10.8. The van der Waals surface area contributed by atoms with Crippen molar-refractivity contribution in [3.05, 3.63) is 0 Å². The average Bonchev–Trinajstić information content (AvgIpc) is 2.16. The monoisotopic (exact) mass is 203 g/mol. The molecular formula is C10H21NO3. The van der Waals surface area contributed by atoms with Gasteiger partial charge in [0, 0.05) is 13.5 Å². The Hall–Kier alpha value is -0.610. The molecule has 0 aliphatic rings. The van der Waals surface area contributed by atoms with E-state index >= 15 is 0 Å². The molecule has 84 valence electrons. The lowest BCUT2D eigenvalue weighted by Gasteiger charge is -2.09. The molecule has 0 aromatic rings. The Balaban J connectivity index is 3.34. The third-order valence-corrected chi connectivity index (χ3v) is 2.05. The van der Waals surface area contributed by atoms with Crippen LogP contribution in [0.3, 0.4) is 0 Å². The topological polar surface area (TPSA) is 61.5 Å². The third kappa shape index (κ3) is 8.01. The van der Waals surface area contributed by atoms with Crippen molar-refractivity contribution >= 4 is 5.97 Å². The van der Waals surface area contributed by atoms with Gasteiger partial charge in [0.15, 0.2) is 0 Å². The van der Waals surface area contributed by atoms with Crippen LogP contribution in [-0.2, 0) is 14.3 Å². The molecule has 4 nitrogen and oxygen atoms in total. The summed E-state index contributed by atoms with van der Waals surface area (Å²) in [6.45, 7) is 3.58. The van der Waals surface area contributed by atoms with Gasteiger partial charge in [-0.2, -0.15) is 0 Å². The van der Waals surface area contributed by atoms with E-state index in [2.05, 4.69) is 6.92 Å². The lowest BCUT2D eigenvalue weighted by Crippen LogP contribution is -2.12. The predicted molar refractivity (Wildman–Crippen MR) is 54.9 cm³/mol. The van der Waals surface area contributed by atoms with Gasteiger partial charge >= 0.3 is 5.97 Å². The zero-order valence-corrected chi connectivity index (χ0v) is 9.12. The summed E-state index contributed by atoms with van der Waals surface area (Å²) in [4.78, 5) is 11.1. The second-order valence-corrected chi connectivity index (χ2v) is 3.43. The van der Waals surface area contributed by atoms with Crippen molar-refractivity contribution in [3.8, 4) is 0 Å².